The molecule has 0 saturated carbocycles. The number of benzene rings is 8. The van der Waals surface area contributed by atoms with Crippen molar-refractivity contribution in [2.24, 2.45) is 0 Å². The first-order valence-corrected chi connectivity index (χ1v) is 27.1. The third-order valence-electron chi connectivity index (χ3n) is 17.0. The Morgan fingerprint density at radius 2 is 0.851 bits per heavy atom. The average molecular weight is 971 g/mol. The van der Waals surface area contributed by atoms with E-state index in [1.54, 1.807) is 0 Å². The van der Waals surface area contributed by atoms with Gasteiger partial charge in [-0.15, -0.1) is 0 Å². The summed E-state index contributed by atoms with van der Waals surface area (Å²) in [6.45, 7) is 28.6. The van der Waals surface area contributed by atoms with E-state index in [0.29, 0.717) is 0 Å². The SMILES string of the molecule is Cc1cc(N(c2ccc3c(c2)C(C)(C)CCC3(C)C)c2c(-c3ccccc3)cc(C(C)(C)C)cc2-c2ccccc2)cc(N(c2ccc(-c3ccccc3)cc2)c2coc3cc4c(cc23)C(C)(C)CCC4(C)C)c1. The second-order valence-corrected chi connectivity index (χ2v) is 25.3. The quantitative estimate of drug-likeness (QED) is 0.144. The Hall–Kier alpha value is -7.10. The van der Waals surface area contributed by atoms with Gasteiger partial charge in [-0.2, -0.15) is 0 Å². The highest BCUT2D eigenvalue weighted by Gasteiger charge is 2.40. The van der Waals surface area contributed by atoms with Crippen LogP contribution < -0.4 is 9.80 Å². The molecule has 0 spiro atoms. The van der Waals surface area contributed by atoms with E-state index in [1.165, 1.54) is 61.2 Å². The zero-order valence-corrected chi connectivity index (χ0v) is 46.0. The average Bonchev–Trinajstić information content (AvgIpc) is 3.80. The van der Waals surface area contributed by atoms with E-state index in [-0.39, 0.29) is 27.1 Å². The van der Waals surface area contributed by atoms with Gasteiger partial charge in [-0.25, -0.2) is 0 Å². The fourth-order valence-electron chi connectivity index (χ4n) is 12.2. The third kappa shape index (κ3) is 8.86. The van der Waals surface area contributed by atoms with Gasteiger partial charge in [0, 0.05) is 39.3 Å². The normalized spacial score (nSPS) is 16.3. The Labute approximate surface area is 441 Å². The predicted octanol–water partition coefficient (Wildman–Crippen LogP) is 20.7. The van der Waals surface area contributed by atoms with Crippen LogP contribution in [0, 0.1) is 6.92 Å². The fraction of sp³-hybridized carbons (Fsp3) is 0.296. The summed E-state index contributed by atoms with van der Waals surface area (Å²) >= 11 is 0. The number of fused-ring (bicyclic) bond motifs is 3. The lowest BCUT2D eigenvalue weighted by molar-refractivity contribution is 0.332. The fourth-order valence-corrected chi connectivity index (χ4v) is 12.2. The Morgan fingerprint density at radius 3 is 1.38 bits per heavy atom. The summed E-state index contributed by atoms with van der Waals surface area (Å²) in [5.74, 6) is 0. The second-order valence-electron chi connectivity index (χ2n) is 25.3. The number of anilines is 6. The smallest absolute Gasteiger partial charge is 0.136 e. The van der Waals surface area contributed by atoms with Crippen molar-refractivity contribution in [1.29, 1.82) is 0 Å². The lowest BCUT2D eigenvalue weighted by atomic mass is 9.63. The highest BCUT2D eigenvalue weighted by molar-refractivity contribution is 6.01. The van der Waals surface area contributed by atoms with Crippen molar-refractivity contribution in [3.05, 3.63) is 216 Å². The van der Waals surface area contributed by atoms with E-state index in [9.17, 15) is 0 Å². The van der Waals surface area contributed by atoms with Crippen molar-refractivity contribution < 1.29 is 4.42 Å². The Morgan fingerprint density at radius 1 is 0.405 bits per heavy atom. The predicted molar refractivity (Wildman–Crippen MR) is 316 cm³/mol. The summed E-state index contributed by atoms with van der Waals surface area (Å²) in [5, 5.41) is 1.12. The molecule has 8 aromatic carbocycles. The molecular formula is C71H74N2O. The minimum Gasteiger partial charge on any atom is -0.462 e. The van der Waals surface area contributed by atoms with Gasteiger partial charge in [0.15, 0.2) is 0 Å². The van der Waals surface area contributed by atoms with Gasteiger partial charge in [0.25, 0.3) is 0 Å². The molecule has 0 N–H and O–H groups in total. The van der Waals surface area contributed by atoms with Gasteiger partial charge in [-0.05, 0) is 182 Å². The molecule has 2 aliphatic carbocycles. The molecule has 2 aliphatic rings. The maximum absolute atomic E-state index is 6.75. The highest BCUT2D eigenvalue weighted by Crippen LogP contribution is 2.54. The molecule has 0 aliphatic heterocycles. The van der Waals surface area contributed by atoms with E-state index >= 15 is 0 Å². The van der Waals surface area contributed by atoms with Crippen molar-refractivity contribution in [2.75, 3.05) is 9.80 Å². The first-order chi connectivity index (χ1) is 35.2. The van der Waals surface area contributed by atoms with Crippen molar-refractivity contribution in [1.82, 2.24) is 0 Å². The van der Waals surface area contributed by atoms with Crippen LogP contribution in [-0.4, -0.2) is 0 Å². The van der Waals surface area contributed by atoms with Crippen LogP contribution in [0.2, 0.25) is 0 Å². The zero-order chi connectivity index (χ0) is 52.0. The molecule has 1 heterocycles. The second kappa shape index (κ2) is 18.1. The van der Waals surface area contributed by atoms with E-state index in [4.69, 9.17) is 4.42 Å². The largest absolute Gasteiger partial charge is 0.462 e. The van der Waals surface area contributed by atoms with Crippen molar-refractivity contribution >= 4 is 45.1 Å². The summed E-state index contributed by atoms with van der Waals surface area (Å²) in [7, 11) is 0. The van der Waals surface area contributed by atoms with Gasteiger partial charge < -0.3 is 14.2 Å². The third-order valence-corrected chi connectivity index (χ3v) is 17.0. The van der Waals surface area contributed by atoms with E-state index in [2.05, 4.69) is 269 Å². The molecule has 9 aromatic rings. The summed E-state index contributed by atoms with van der Waals surface area (Å²) in [6, 6.07) is 66.2. The molecule has 0 atom stereocenters. The molecule has 0 amide bonds. The number of furan rings is 1. The number of nitrogens with zero attached hydrogens (tertiary/aromatic N) is 2. The van der Waals surface area contributed by atoms with Crippen LogP contribution in [0.15, 0.2) is 187 Å². The molecule has 11 rings (SSSR count). The number of rotatable bonds is 9. The lowest BCUT2D eigenvalue weighted by Crippen LogP contribution is -2.34. The van der Waals surface area contributed by atoms with Crippen LogP contribution in [0.4, 0.5) is 34.1 Å². The molecule has 3 heteroatoms. The van der Waals surface area contributed by atoms with Crippen LogP contribution in [0.3, 0.4) is 0 Å². The lowest BCUT2D eigenvalue weighted by Gasteiger charge is -2.43. The first-order valence-electron chi connectivity index (χ1n) is 27.1. The standard InChI is InChI=1S/C71H74N2O/c1-47-38-55(72(53-30-28-49(29-31-53)48-22-16-13-17-23-48)64-46-74-65-45-63-62(44-59(64)65)70(9,10)36-37-71(63,11)12)42-56(39-47)73(54-32-33-60-61(43-54)69(7,8)35-34-68(60,5)6)66-57(50-24-18-14-19-25-50)40-52(67(2,3)4)41-58(66)51-26-20-15-21-27-51/h13-33,38-46H,34-37H2,1-12H3. The Kier molecular flexibility index (Phi) is 12.0. The van der Waals surface area contributed by atoms with E-state index in [0.717, 1.165) is 76.3 Å². The van der Waals surface area contributed by atoms with Gasteiger partial charge in [-0.3, -0.25) is 0 Å². The zero-order valence-electron chi connectivity index (χ0n) is 46.0. The molecule has 0 bridgehead atoms. The van der Waals surface area contributed by atoms with E-state index < -0.39 is 0 Å². The molecule has 3 nitrogen and oxygen atoms in total. The monoisotopic (exact) mass is 971 g/mol. The van der Waals surface area contributed by atoms with Crippen molar-refractivity contribution in [3.63, 3.8) is 0 Å². The molecule has 374 valence electrons. The highest BCUT2D eigenvalue weighted by atomic mass is 16.3. The van der Waals surface area contributed by atoms with Crippen molar-refractivity contribution in [2.45, 2.75) is 136 Å². The minimum atomic E-state index is -0.109. The summed E-state index contributed by atoms with van der Waals surface area (Å²) < 4.78 is 6.75. The molecular weight excluding hydrogens is 897 g/mol. The molecule has 0 saturated heterocycles. The Bertz CT molecular complexity index is 3470. The van der Waals surface area contributed by atoms with Crippen LogP contribution in [-0.2, 0) is 27.1 Å². The van der Waals surface area contributed by atoms with Crippen LogP contribution in [0.25, 0.3) is 44.3 Å². The minimum absolute atomic E-state index is 0.00106. The van der Waals surface area contributed by atoms with Gasteiger partial charge in [0.2, 0.25) is 0 Å². The number of aryl methyl sites for hydroxylation is 1. The van der Waals surface area contributed by atoms with Gasteiger partial charge in [-0.1, -0.05) is 185 Å². The first kappa shape index (κ1) is 49.1. The van der Waals surface area contributed by atoms with Crippen LogP contribution in [0.1, 0.15) is 135 Å². The molecule has 0 unspecified atom stereocenters. The summed E-state index contributed by atoms with van der Waals surface area (Å²) in [5.41, 5.74) is 22.8. The molecule has 74 heavy (non-hydrogen) atoms. The van der Waals surface area contributed by atoms with Gasteiger partial charge in [0.05, 0.1) is 11.4 Å². The molecule has 0 fully saturated rings. The summed E-state index contributed by atoms with van der Waals surface area (Å²) in [6.07, 6.45) is 6.57. The summed E-state index contributed by atoms with van der Waals surface area (Å²) in [4.78, 5) is 5.04. The molecule has 0 radical (unpaired) electrons. The van der Waals surface area contributed by atoms with E-state index in [1.807, 2.05) is 6.26 Å². The van der Waals surface area contributed by atoms with Crippen LogP contribution >= 0.6 is 0 Å². The maximum atomic E-state index is 6.75. The van der Waals surface area contributed by atoms with Gasteiger partial charge in [0.1, 0.15) is 11.8 Å². The number of hydrogen-bond acceptors (Lipinski definition) is 3. The van der Waals surface area contributed by atoms with Crippen molar-refractivity contribution in [3.8, 4) is 33.4 Å². The molecule has 1 aromatic heterocycles. The van der Waals surface area contributed by atoms with Gasteiger partial charge >= 0.3 is 0 Å². The van der Waals surface area contributed by atoms with Crippen LogP contribution in [0.5, 0.6) is 0 Å². The Balaban J connectivity index is 1.21. The topological polar surface area (TPSA) is 19.6 Å². The maximum Gasteiger partial charge on any atom is 0.136 e. The number of hydrogen-bond donors (Lipinski definition) is 0.